The smallest absolute Gasteiger partial charge is 0.263 e. The maximum Gasteiger partial charge on any atom is 0.263 e. The summed E-state index contributed by atoms with van der Waals surface area (Å²) in [6.45, 7) is 2.76. The van der Waals surface area contributed by atoms with Gasteiger partial charge in [0.05, 0.1) is 43.2 Å². The van der Waals surface area contributed by atoms with Gasteiger partial charge >= 0.3 is 0 Å². The van der Waals surface area contributed by atoms with Crippen LogP contribution in [0.15, 0.2) is 52.3 Å². The standard InChI is InChI=1S/C29H36N6O5/c1-5-35-13-11-19-15-21(25(39-4)16-20(19)29(35)38)23-17-31-27(33-23)22(32-26(37)18-34(2)3)9-7-6-8-10-24(36)28-30-12-14-40-28/h11-17,22H,5-10,18H2,1-4H3,(H,31,33)(H,32,37)/t22-/m0/s1. The Bertz CT molecular complexity index is 1510. The number of H-pyrrole nitrogens is 1. The molecule has 4 aromatic rings. The van der Waals surface area contributed by atoms with E-state index in [1.165, 1.54) is 12.5 Å². The molecule has 0 bridgehead atoms. The van der Waals surface area contributed by atoms with E-state index >= 15 is 0 Å². The van der Waals surface area contributed by atoms with Crippen LogP contribution in [0.1, 0.15) is 61.6 Å². The van der Waals surface area contributed by atoms with Crippen molar-refractivity contribution in [2.75, 3.05) is 27.7 Å². The molecule has 212 valence electrons. The van der Waals surface area contributed by atoms with Crippen molar-refractivity contribution < 1.29 is 18.7 Å². The molecule has 0 aliphatic carbocycles. The number of nitrogens with zero attached hydrogens (tertiary/aromatic N) is 4. The zero-order valence-corrected chi connectivity index (χ0v) is 23.4. The largest absolute Gasteiger partial charge is 0.496 e. The van der Waals surface area contributed by atoms with Crippen LogP contribution in [0, 0.1) is 0 Å². The number of Topliss-reactive ketones (excluding diaryl/α,β-unsaturated/α-hetero) is 1. The first-order chi connectivity index (χ1) is 19.3. The van der Waals surface area contributed by atoms with E-state index in [0.29, 0.717) is 42.8 Å². The number of amides is 1. The lowest BCUT2D eigenvalue weighted by Gasteiger charge is -2.18. The van der Waals surface area contributed by atoms with E-state index in [9.17, 15) is 14.4 Å². The Labute approximate surface area is 232 Å². The van der Waals surface area contributed by atoms with Crippen molar-refractivity contribution in [1.82, 2.24) is 29.7 Å². The van der Waals surface area contributed by atoms with Crippen molar-refractivity contribution in [3.05, 3.63) is 65.1 Å². The molecule has 1 amide bonds. The van der Waals surface area contributed by atoms with Gasteiger partial charge in [-0.3, -0.25) is 14.4 Å². The van der Waals surface area contributed by atoms with Crippen LogP contribution in [-0.2, 0) is 11.3 Å². The predicted molar refractivity (Wildman–Crippen MR) is 151 cm³/mol. The van der Waals surface area contributed by atoms with Gasteiger partial charge in [-0.2, -0.15) is 0 Å². The lowest BCUT2D eigenvalue weighted by Crippen LogP contribution is -2.36. The van der Waals surface area contributed by atoms with Crippen LogP contribution >= 0.6 is 0 Å². The van der Waals surface area contributed by atoms with Crippen molar-refractivity contribution >= 4 is 22.5 Å². The minimum absolute atomic E-state index is 0.0686. The number of rotatable bonds is 14. The molecule has 11 nitrogen and oxygen atoms in total. The highest BCUT2D eigenvalue weighted by atomic mass is 16.5. The number of likely N-dealkylation sites (N-methyl/N-ethyl adjacent to an activating group) is 1. The van der Waals surface area contributed by atoms with Crippen molar-refractivity contribution in [1.29, 1.82) is 0 Å². The van der Waals surface area contributed by atoms with Crippen molar-refractivity contribution in [2.45, 2.75) is 51.6 Å². The van der Waals surface area contributed by atoms with Gasteiger partial charge in [0.15, 0.2) is 0 Å². The van der Waals surface area contributed by atoms with Crippen LogP contribution < -0.4 is 15.6 Å². The Morgan fingerprint density at radius 1 is 1.20 bits per heavy atom. The second-order valence-corrected chi connectivity index (χ2v) is 9.95. The second kappa shape index (κ2) is 13.2. The molecule has 0 aliphatic rings. The number of hydrogen-bond acceptors (Lipinski definition) is 8. The average molecular weight is 549 g/mol. The highest BCUT2D eigenvalue weighted by molar-refractivity contribution is 5.91. The fourth-order valence-electron chi connectivity index (χ4n) is 4.67. The van der Waals surface area contributed by atoms with E-state index in [-0.39, 0.29) is 35.7 Å². The van der Waals surface area contributed by atoms with Crippen LogP contribution in [-0.4, -0.2) is 63.9 Å². The van der Waals surface area contributed by atoms with Gasteiger partial charge in [0.1, 0.15) is 17.8 Å². The Balaban J connectivity index is 1.51. The number of fused-ring (bicyclic) bond motifs is 1. The number of carbonyl (C=O) groups is 2. The number of oxazole rings is 1. The molecular formula is C29H36N6O5. The molecule has 0 unspecified atom stereocenters. The molecule has 0 spiro atoms. The van der Waals surface area contributed by atoms with Crippen molar-refractivity contribution in [3.63, 3.8) is 0 Å². The molecule has 0 saturated carbocycles. The van der Waals surface area contributed by atoms with Gasteiger partial charge in [0.2, 0.25) is 11.7 Å². The summed E-state index contributed by atoms with van der Waals surface area (Å²) in [7, 11) is 5.25. The van der Waals surface area contributed by atoms with E-state index in [1.54, 1.807) is 35.0 Å². The summed E-state index contributed by atoms with van der Waals surface area (Å²) in [4.78, 5) is 51.3. The van der Waals surface area contributed by atoms with Gasteiger partial charge in [0, 0.05) is 24.7 Å². The third-order valence-electron chi connectivity index (χ3n) is 6.72. The predicted octanol–water partition coefficient (Wildman–Crippen LogP) is 3.96. The number of ether oxygens (including phenoxy) is 1. The Kier molecular flexibility index (Phi) is 9.49. The SMILES string of the molecule is CCn1ccc2cc(-c3cnc([C@H](CCCCCC(=O)c4ncco4)NC(=O)CN(C)C)[nH]3)c(OC)cc2c1=O. The zero-order chi connectivity index (χ0) is 28.6. The Hall–Kier alpha value is -4.25. The van der Waals surface area contributed by atoms with Crippen LogP contribution in [0.25, 0.3) is 22.0 Å². The summed E-state index contributed by atoms with van der Waals surface area (Å²) in [5.74, 6) is 1.09. The average Bonchev–Trinajstić information content (AvgIpc) is 3.64. The van der Waals surface area contributed by atoms with Gasteiger partial charge in [-0.25, -0.2) is 9.97 Å². The molecule has 2 N–H and O–H groups in total. The fraction of sp³-hybridized carbons (Fsp3) is 0.414. The Morgan fingerprint density at radius 3 is 2.73 bits per heavy atom. The lowest BCUT2D eigenvalue weighted by molar-refractivity contribution is -0.122. The quantitative estimate of drug-likeness (QED) is 0.179. The zero-order valence-electron chi connectivity index (χ0n) is 23.4. The molecule has 11 heteroatoms. The highest BCUT2D eigenvalue weighted by Gasteiger charge is 2.20. The number of pyridine rings is 1. The van der Waals surface area contributed by atoms with Gasteiger partial charge in [-0.15, -0.1) is 0 Å². The molecule has 1 atom stereocenters. The molecule has 1 aromatic carbocycles. The highest BCUT2D eigenvalue weighted by Crippen LogP contribution is 2.33. The number of aromatic nitrogens is 4. The normalized spacial score (nSPS) is 12.1. The van der Waals surface area contributed by atoms with Gasteiger partial charge in [-0.1, -0.05) is 12.8 Å². The summed E-state index contributed by atoms with van der Waals surface area (Å²) in [5.41, 5.74) is 1.42. The van der Waals surface area contributed by atoms with Gasteiger partial charge in [0.25, 0.3) is 11.4 Å². The van der Waals surface area contributed by atoms with E-state index < -0.39 is 0 Å². The molecule has 4 rings (SSSR count). The summed E-state index contributed by atoms with van der Waals surface area (Å²) in [6, 6.07) is 5.25. The molecule has 40 heavy (non-hydrogen) atoms. The number of unbranched alkanes of at least 4 members (excludes halogenated alkanes) is 2. The second-order valence-electron chi connectivity index (χ2n) is 9.95. The number of nitrogens with one attached hydrogen (secondary N) is 2. The number of ketones is 1. The number of imidazole rings is 1. The molecule has 0 saturated heterocycles. The van der Waals surface area contributed by atoms with Gasteiger partial charge in [-0.05, 0) is 57.4 Å². The number of hydrogen-bond donors (Lipinski definition) is 2. The minimum Gasteiger partial charge on any atom is -0.496 e. The summed E-state index contributed by atoms with van der Waals surface area (Å²) >= 11 is 0. The van der Waals surface area contributed by atoms with Crippen molar-refractivity contribution in [3.8, 4) is 17.0 Å². The summed E-state index contributed by atoms with van der Waals surface area (Å²) < 4.78 is 12.4. The van der Waals surface area contributed by atoms with E-state index in [1.807, 2.05) is 33.2 Å². The van der Waals surface area contributed by atoms with Crippen LogP contribution in [0.3, 0.4) is 0 Å². The first-order valence-electron chi connectivity index (χ1n) is 13.4. The Morgan fingerprint density at radius 2 is 2.02 bits per heavy atom. The molecular weight excluding hydrogens is 512 g/mol. The number of carbonyl (C=O) groups excluding carboxylic acids is 2. The van der Waals surface area contributed by atoms with Crippen LogP contribution in [0.2, 0.25) is 0 Å². The minimum atomic E-state index is -0.341. The number of aryl methyl sites for hydroxylation is 1. The van der Waals surface area contributed by atoms with Crippen LogP contribution in [0.5, 0.6) is 5.75 Å². The molecule has 0 aliphatic heterocycles. The maximum absolute atomic E-state index is 12.8. The van der Waals surface area contributed by atoms with Crippen molar-refractivity contribution in [2.24, 2.45) is 0 Å². The lowest BCUT2D eigenvalue weighted by atomic mass is 10.0. The summed E-state index contributed by atoms with van der Waals surface area (Å²) in [6.07, 6.45) is 9.62. The molecule has 0 radical (unpaired) electrons. The third kappa shape index (κ3) is 6.84. The van der Waals surface area contributed by atoms with Gasteiger partial charge < -0.3 is 28.9 Å². The summed E-state index contributed by atoms with van der Waals surface area (Å²) in [5, 5.41) is 4.47. The first kappa shape index (κ1) is 28.8. The third-order valence-corrected chi connectivity index (χ3v) is 6.72. The number of benzene rings is 1. The van der Waals surface area contributed by atoms with E-state index in [0.717, 1.165) is 29.5 Å². The number of methoxy groups -OCH3 is 1. The topological polar surface area (TPSA) is 135 Å². The number of aromatic amines is 1. The van der Waals surface area contributed by atoms with Crippen LogP contribution in [0.4, 0.5) is 0 Å². The maximum atomic E-state index is 12.8. The fourth-order valence-corrected chi connectivity index (χ4v) is 4.67. The van der Waals surface area contributed by atoms with E-state index in [2.05, 4.69) is 20.3 Å². The first-order valence-corrected chi connectivity index (χ1v) is 13.4. The monoisotopic (exact) mass is 548 g/mol. The van der Waals surface area contributed by atoms with E-state index in [4.69, 9.17) is 9.15 Å². The molecule has 3 aromatic heterocycles. The molecule has 0 fully saturated rings. The molecule has 3 heterocycles.